The molecule has 0 saturated heterocycles. The van der Waals surface area contributed by atoms with Crippen LogP contribution < -0.4 is 0 Å². The Labute approximate surface area is 53.4 Å². The fraction of sp³-hybridized carbons (Fsp3) is 1.00. The fourth-order valence-electron chi connectivity index (χ4n) is 0.339. The minimum absolute atomic E-state index is 0.117. The van der Waals surface area contributed by atoms with Crippen LogP contribution in [0.2, 0.25) is 0 Å². The van der Waals surface area contributed by atoms with Gasteiger partial charge in [-0.05, 0) is 6.42 Å². The predicted molar refractivity (Wildman–Crippen MR) is 31.5 cm³/mol. The van der Waals surface area contributed by atoms with E-state index in [1.165, 1.54) is 0 Å². The Hall–Kier alpha value is -0.160. The van der Waals surface area contributed by atoms with Crippen LogP contribution in [0, 0.1) is 0 Å². The van der Waals surface area contributed by atoms with Crippen molar-refractivity contribution in [1.29, 1.82) is 0 Å². The Morgan fingerprint density at radius 3 is 2.33 bits per heavy atom. The summed E-state index contributed by atoms with van der Waals surface area (Å²) in [6, 6.07) is -1.33. The molecule has 9 heavy (non-hydrogen) atoms. The number of aliphatic hydroxyl groups is 1. The summed E-state index contributed by atoms with van der Waals surface area (Å²) in [5, 5.41) is 8.14. The van der Waals surface area contributed by atoms with Gasteiger partial charge in [0, 0.05) is 6.61 Å². The summed E-state index contributed by atoms with van der Waals surface area (Å²) in [5.41, 5.74) is 0. The van der Waals surface area contributed by atoms with Crippen molar-refractivity contribution in [3.05, 3.63) is 0 Å². The third-order valence-electron chi connectivity index (χ3n) is 0.780. The minimum atomic E-state index is -3.51. The van der Waals surface area contributed by atoms with Gasteiger partial charge in [0.1, 0.15) is 0 Å². The molecule has 0 fully saturated rings. The lowest BCUT2D eigenvalue weighted by Crippen LogP contribution is -2.08. The second-order valence-corrected chi connectivity index (χ2v) is 3.75. The van der Waals surface area contributed by atoms with Crippen LogP contribution in [0.3, 0.4) is 0 Å². The summed E-state index contributed by atoms with van der Waals surface area (Å²) in [6.45, 7) is -0.209. The zero-order valence-corrected chi connectivity index (χ0v) is 5.69. The number of alkyl halides is 1. The van der Waals surface area contributed by atoms with Gasteiger partial charge in [-0.3, -0.25) is 0 Å². The van der Waals surface area contributed by atoms with Gasteiger partial charge in [0.05, 0.1) is 5.75 Å². The van der Waals surface area contributed by atoms with E-state index in [-0.39, 0.29) is 18.8 Å². The quantitative estimate of drug-likeness (QED) is 0.608. The standard InChI is InChI=1S/C4H9FO3S/c5-4-9(7,8)3-1-2-6/h6H,1-4H2. The Kier molecular flexibility index (Phi) is 3.72. The molecule has 0 aromatic rings. The SMILES string of the molecule is O=S(=O)(CF)CCCO. The number of sulfone groups is 1. The number of rotatable bonds is 4. The smallest absolute Gasteiger partial charge is 0.190 e. The van der Waals surface area contributed by atoms with Gasteiger partial charge in [-0.15, -0.1) is 0 Å². The highest BCUT2D eigenvalue weighted by Gasteiger charge is 2.07. The Balaban J connectivity index is 3.61. The van der Waals surface area contributed by atoms with Gasteiger partial charge < -0.3 is 5.11 Å². The van der Waals surface area contributed by atoms with Crippen molar-refractivity contribution in [1.82, 2.24) is 0 Å². The lowest BCUT2D eigenvalue weighted by Gasteiger charge is -1.93. The van der Waals surface area contributed by atoms with E-state index in [2.05, 4.69) is 0 Å². The first-order valence-corrected chi connectivity index (χ1v) is 4.32. The molecule has 56 valence electrons. The van der Waals surface area contributed by atoms with Crippen molar-refractivity contribution >= 4 is 9.84 Å². The lowest BCUT2D eigenvalue weighted by molar-refractivity contribution is 0.295. The van der Waals surface area contributed by atoms with Crippen molar-refractivity contribution < 1.29 is 17.9 Å². The van der Waals surface area contributed by atoms with E-state index in [0.717, 1.165) is 0 Å². The first kappa shape index (κ1) is 8.84. The zero-order valence-electron chi connectivity index (χ0n) is 4.88. The molecule has 1 N–H and O–H groups in total. The molecule has 0 atom stereocenters. The van der Waals surface area contributed by atoms with Crippen molar-refractivity contribution in [2.45, 2.75) is 6.42 Å². The van der Waals surface area contributed by atoms with Gasteiger partial charge in [0.25, 0.3) is 0 Å². The van der Waals surface area contributed by atoms with E-state index in [4.69, 9.17) is 5.11 Å². The first-order valence-electron chi connectivity index (χ1n) is 2.49. The highest BCUT2D eigenvalue weighted by molar-refractivity contribution is 7.91. The van der Waals surface area contributed by atoms with Gasteiger partial charge in [-0.1, -0.05) is 0 Å². The first-order chi connectivity index (χ1) is 4.12. The number of hydrogen-bond donors (Lipinski definition) is 1. The highest BCUT2D eigenvalue weighted by Crippen LogP contribution is 1.92. The molecule has 0 aliphatic heterocycles. The molecule has 0 bridgehead atoms. The largest absolute Gasteiger partial charge is 0.396 e. The molecular weight excluding hydrogens is 147 g/mol. The van der Waals surface area contributed by atoms with Crippen LogP contribution in [0.4, 0.5) is 4.39 Å². The topological polar surface area (TPSA) is 54.4 Å². The summed E-state index contributed by atoms with van der Waals surface area (Å²) < 4.78 is 32.0. The molecule has 0 aromatic carbocycles. The van der Waals surface area contributed by atoms with E-state index in [9.17, 15) is 12.8 Å². The molecule has 0 spiro atoms. The van der Waals surface area contributed by atoms with Gasteiger partial charge in [-0.2, -0.15) is 0 Å². The molecule has 0 heterocycles. The summed E-state index contributed by atoms with van der Waals surface area (Å²) in [5.74, 6) is -0.264. The molecule has 0 aliphatic rings. The normalized spacial score (nSPS) is 11.8. The molecular formula is C4H9FO3S. The van der Waals surface area contributed by atoms with E-state index in [1.54, 1.807) is 0 Å². The average molecular weight is 156 g/mol. The maximum atomic E-state index is 11.4. The Morgan fingerprint density at radius 1 is 1.44 bits per heavy atom. The van der Waals surface area contributed by atoms with Crippen molar-refractivity contribution in [3.8, 4) is 0 Å². The number of halogens is 1. The predicted octanol–water partition coefficient (Wildman–Crippen LogP) is -0.289. The van der Waals surface area contributed by atoms with E-state index in [0.29, 0.717) is 0 Å². The van der Waals surface area contributed by atoms with Crippen molar-refractivity contribution in [3.63, 3.8) is 0 Å². The minimum Gasteiger partial charge on any atom is -0.396 e. The summed E-state index contributed by atoms with van der Waals surface area (Å²) in [6.07, 6.45) is 0.117. The molecule has 0 aliphatic carbocycles. The van der Waals surface area contributed by atoms with Crippen LogP contribution in [-0.4, -0.2) is 31.9 Å². The molecule has 3 nitrogen and oxygen atoms in total. The van der Waals surface area contributed by atoms with Crippen molar-refractivity contribution in [2.75, 3.05) is 18.4 Å². The van der Waals surface area contributed by atoms with Crippen LogP contribution in [0.1, 0.15) is 6.42 Å². The maximum absolute atomic E-state index is 11.4. The van der Waals surface area contributed by atoms with E-state index < -0.39 is 15.8 Å². The molecule has 0 radical (unpaired) electrons. The average Bonchev–Trinajstić information content (AvgIpc) is 1.84. The van der Waals surface area contributed by atoms with Crippen LogP contribution >= 0.6 is 0 Å². The third-order valence-corrected chi connectivity index (χ3v) is 2.02. The summed E-state index contributed by atoms with van der Waals surface area (Å²) >= 11 is 0. The fourth-order valence-corrected chi connectivity index (χ4v) is 1.02. The zero-order chi connectivity index (χ0) is 7.33. The van der Waals surface area contributed by atoms with Gasteiger partial charge in [0.15, 0.2) is 15.8 Å². The van der Waals surface area contributed by atoms with Gasteiger partial charge in [0.2, 0.25) is 0 Å². The molecule has 0 aromatic heterocycles. The van der Waals surface area contributed by atoms with Crippen LogP contribution in [0.5, 0.6) is 0 Å². The van der Waals surface area contributed by atoms with Crippen LogP contribution in [0.15, 0.2) is 0 Å². The Bertz CT molecular complexity index is 151. The maximum Gasteiger partial charge on any atom is 0.190 e. The van der Waals surface area contributed by atoms with Crippen LogP contribution in [-0.2, 0) is 9.84 Å². The third kappa shape index (κ3) is 4.35. The van der Waals surface area contributed by atoms with Crippen molar-refractivity contribution in [2.24, 2.45) is 0 Å². The number of aliphatic hydroxyl groups excluding tert-OH is 1. The monoisotopic (exact) mass is 156 g/mol. The molecule has 0 unspecified atom stereocenters. The Morgan fingerprint density at radius 2 is 2.00 bits per heavy atom. The highest BCUT2D eigenvalue weighted by atomic mass is 32.2. The van der Waals surface area contributed by atoms with E-state index in [1.807, 2.05) is 0 Å². The van der Waals surface area contributed by atoms with Gasteiger partial charge in [-0.25, -0.2) is 12.8 Å². The second kappa shape index (κ2) is 3.79. The molecule has 5 heteroatoms. The van der Waals surface area contributed by atoms with Crippen LogP contribution in [0.25, 0.3) is 0 Å². The summed E-state index contributed by atoms with van der Waals surface area (Å²) in [4.78, 5) is 0. The lowest BCUT2D eigenvalue weighted by atomic mass is 10.5. The molecule has 0 amide bonds. The summed E-state index contributed by atoms with van der Waals surface area (Å²) in [7, 11) is -3.51. The molecule has 0 saturated carbocycles. The van der Waals surface area contributed by atoms with Gasteiger partial charge >= 0.3 is 0 Å². The molecule has 0 rings (SSSR count). The van der Waals surface area contributed by atoms with E-state index >= 15 is 0 Å². The second-order valence-electron chi connectivity index (χ2n) is 1.63. The number of hydrogen-bond acceptors (Lipinski definition) is 3.